The molecule has 0 aliphatic carbocycles. The highest BCUT2D eigenvalue weighted by Crippen LogP contribution is 2.27. The minimum atomic E-state index is -0.533. The maximum Gasteiger partial charge on any atom is 0.125 e. The Morgan fingerprint density at radius 2 is 1.95 bits per heavy atom. The Labute approximate surface area is 122 Å². The quantitative estimate of drug-likeness (QED) is 0.905. The Bertz CT molecular complexity index is 564. The predicted octanol–water partition coefficient (Wildman–Crippen LogP) is 4.39. The predicted molar refractivity (Wildman–Crippen MR) is 80.3 cm³/mol. The molecule has 2 nitrogen and oxygen atoms in total. The molecule has 0 spiro atoms. The Hall–Kier alpha value is -1.32. The van der Waals surface area contributed by atoms with E-state index in [1.54, 1.807) is 6.92 Å². The van der Waals surface area contributed by atoms with Gasteiger partial charge in [0, 0.05) is 15.6 Å². The molecule has 19 heavy (non-hydrogen) atoms. The van der Waals surface area contributed by atoms with Crippen molar-refractivity contribution in [3.05, 3.63) is 63.6 Å². The lowest BCUT2D eigenvalue weighted by Crippen LogP contribution is -2.02. The molecule has 0 heterocycles. The fourth-order valence-electron chi connectivity index (χ4n) is 1.90. The number of halogens is 1. The van der Waals surface area contributed by atoms with Crippen LogP contribution in [0.25, 0.3) is 0 Å². The van der Waals surface area contributed by atoms with E-state index in [1.807, 2.05) is 49.4 Å². The molecule has 0 amide bonds. The van der Waals surface area contributed by atoms with E-state index < -0.39 is 6.10 Å². The summed E-state index contributed by atoms with van der Waals surface area (Å²) in [5.41, 5.74) is 3.02. The van der Waals surface area contributed by atoms with Gasteiger partial charge in [0.25, 0.3) is 0 Å². The molecule has 1 N–H and O–H groups in total. The van der Waals surface area contributed by atoms with Crippen LogP contribution in [0, 0.1) is 6.92 Å². The number of rotatable bonds is 4. The van der Waals surface area contributed by atoms with E-state index in [0.29, 0.717) is 6.61 Å². The smallest absolute Gasteiger partial charge is 0.125 e. The summed E-state index contributed by atoms with van der Waals surface area (Å²) in [7, 11) is 0. The van der Waals surface area contributed by atoms with E-state index in [9.17, 15) is 5.11 Å². The highest BCUT2D eigenvalue weighted by atomic mass is 79.9. The topological polar surface area (TPSA) is 29.5 Å². The fourth-order valence-corrected chi connectivity index (χ4v) is 2.30. The highest BCUT2D eigenvalue weighted by molar-refractivity contribution is 9.10. The van der Waals surface area contributed by atoms with Gasteiger partial charge in [-0.05, 0) is 32.0 Å². The molecule has 0 aliphatic rings. The number of hydrogen-bond acceptors (Lipinski definition) is 2. The minimum Gasteiger partial charge on any atom is -0.488 e. The Morgan fingerprint density at radius 1 is 1.21 bits per heavy atom. The first-order valence-corrected chi connectivity index (χ1v) is 7.02. The van der Waals surface area contributed by atoms with Crippen LogP contribution >= 0.6 is 15.9 Å². The van der Waals surface area contributed by atoms with E-state index in [1.165, 1.54) is 0 Å². The summed E-state index contributed by atoms with van der Waals surface area (Å²) in [6.45, 7) is 4.23. The van der Waals surface area contributed by atoms with Crippen molar-refractivity contribution in [2.24, 2.45) is 0 Å². The van der Waals surface area contributed by atoms with Crippen molar-refractivity contribution in [1.29, 1.82) is 0 Å². The zero-order valence-electron chi connectivity index (χ0n) is 11.1. The van der Waals surface area contributed by atoms with Crippen molar-refractivity contribution < 1.29 is 9.84 Å². The summed E-state index contributed by atoms with van der Waals surface area (Å²) in [4.78, 5) is 0. The normalized spacial score (nSPS) is 12.2. The molecule has 0 unspecified atom stereocenters. The molecule has 0 saturated carbocycles. The summed E-state index contributed by atoms with van der Waals surface area (Å²) < 4.78 is 6.86. The van der Waals surface area contributed by atoms with Crippen LogP contribution < -0.4 is 4.74 Å². The van der Waals surface area contributed by atoms with Gasteiger partial charge in [-0.3, -0.25) is 0 Å². The first-order chi connectivity index (χ1) is 9.08. The number of aliphatic hydroxyl groups is 1. The SMILES string of the molecule is Cc1ccc(OCc2ccccc2Br)c([C@H](C)O)c1. The Morgan fingerprint density at radius 3 is 2.63 bits per heavy atom. The van der Waals surface area contributed by atoms with Crippen LogP contribution in [0.1, 0.15) is 29.7 Å². The Kier molecular flexibility index (Phi) is 4.61. The van der Waals surface area contributed by atoms with Crippen LogP contribution in [-0.2, 0) is 6.61 Å². The molecule has 2 aromatic rings. The second-order valence-corrected chi connectivity index (χ2v) is 5.45. The van der Waals surface area contributed by atoms with Gasteiger partial charge in [-0.1, -0.05) is 45.8 Å². The lowest BCUT2D eigenvalue weighted by molar-refractivity contribution is 0.190. The van der Waals surface area contributed by atoms with Gasteiger partial charge in [-0.15, -0.1) is 0 Å². The van der Waals surface area contributed by atoms with Gasteiger partial charge in [0.05, 0.1) is 6.10 Å². The third-order valence-corrected chi connectivity index (χ3v) is 3.73. The van der Waals surface area contributed by atoms with Crippen molar-refractivity contribution >= 4 is 15.9 Å². The summed E-state index contributed by atoms with van der Waals surface area (Å²) >= 11 is 3.50. The van der Waals surface area contributed by atoms with Gasteiger partial charge in [-0.2, -0.15) is 0 Å². The third-order valence-electron chi connectivity index (χ3n) is 2.96. The van der Waals surface area contributed by atoms with Gasteiger partial charge in [0.1, 0.15) is 12.4 Å². The molecule has 3 heteroatoms. The first kappa shape index (κ1) is 14.1. The fraction of sp³-hybridized carbons (Fsp3) is 0.250. The maximum absolute atomic E-state index is 9.79. The summed E-state index contributed by atoms with van der Waals surface area (Å²) in [5, 5.41) is 9.79. The second-order valence-electron chi connectivity index (χ2n) is 4.60. The van der Waals surface area contributed by atoms with Gasteiger partial charge in [-0.25, -0.2) is 0 Å². The van der Waals surface area contributed by atoms with Crippen molar-refractivity contribution in [3.63, 3.8) is 0 Å². The van der Waals surface area contributed by atoms with Crippen LogP contribution in [0.2, 0.25) is 0 Å². The summed E-state index contributed by atoms with van der Waals surface area (Å²) in [5.74, 6) is 0.733. The monoisotopic (exact) mass is 320 g/mol. The number of hydrogen-bond donors (Lipinski definition) is 1. The van der Waals surface area contributed by atoms with Gasteiger partial charge in [0.2, 0.25) is 0 Å². The zero-order valence-corrected chi connectivity index (χ0v) is 12.6. The van der Waals surface area contributed by atoms with E-state index in [2.05, 4.69) is 15.9 Å². The molecule has 0 bridgehead atoms. The van der Waals surface area contributed by atoms with E-state index >= 15 is 0 Å². The first-order valence-electron chi connectivity index (χ1n) is 6.22. The van der Waals surface area contributed by atoms with Crippen molar-refractivity contribution in [2.75, 3.05) is 0 Å². The van der Waals surface area contributed by atoms with Gasteiger partial charge in [0.15, 0.2) is 0 Å². The second kappa shape index (κ2) is 6.22. The maximum atomic E-state index is 9.79. The largest absolute Gasteiger partial charge is 0.488 e. The standard InChI is InChI=1S/C16H17BrO2/c1-11-7-8-16(14(9-11)12(2)18)19-10-13-5-3-4-6-15(13)17/h3-9,12,18H,10H2,1-2H3/t12-/m0/s1. The van der Waals surface area contributed by atoms with Gasteiger partial charge < -0.3 is 9.84 Å². The van der Waals surface area contributed by atoms with Crippen molar-refractivity contribution in [2.45, 2.75) is 26.6 Å². The zero-order chi connectivity index (χ0) is 13.8. The van der Waals surface area contributed by atoms with Crippen LogP contribution in [0.15, 0.2) is 46.9 Å². The molecule has 0 aromatic heterocycles. The summed E-state index contributed by atoms with van der Waals surface area (Å²) in [6, 6.07) is 13.8. The molecule has 0 radical (unpaired) electrons. The van der Waals surface area contributed by atoms with E-state index in [0.717, 1.165) is 26.9 Å². The molecule has 2 aromatic carbocycles. The average Bonchev–Trinajstić information content (AvgIpc) is 2.38. The lowest BCUT2D eigenvalue weighted by Gasteiger charge is -2.14. The van der Waals surface area contributed by atoms with E-state index in [4.69, 9.17) is 4.74 Å². The average molecular weight is 321 g/mol. The minimum absolute atomic E-state index is 0.476. The molecule has 2 rings (SSSR count). The number of aliphatic hydroxyl groups excluding tert-OH is 1. The number of ether oxygens (including phenoxy) is 1. The Balaban J connectivity index is 2.18. The van der Waals surface area contributed by atoms with Gasteiger partial charge >= 0.3 is 0 Å². The molecular weight excluding hydrogens is 304 g/mol. The molecular formula is C16H17BrO2. The van der Waals surface area contributed by atoms with E-state index in [-0.39, 0.29) is 0 Å². The summed E-state index contributed by atoms with van der Waals surface area (Å²) in [6.07, 6.45) is -0.533. The number of aryl methyl sites for hydroxylation is 1. The molecule has 1 atom stereocenters. The molecule has 0 aliphatic heterocycles. The van der Waals surface area contributed by atoms with Crippen molar-refractivity contribution in [1.82, 2.24) is 0 Å². The molecule has 0 fully saturated rings. The molecule has 0 saturated heterocycles. The lowest BCUT2D eigenvalue weighted by atomic mass is 10.1. The van der Waals surface area contributed by atoms with Crippen LogP contribution in [-0.4, -0.2) is 5.11 Å². The van der Waals surface area contributed by atoms with Crippen LogP contribution in [0.5, 0.6) is 5.75 Å². The van der Waals surface area contributed by atoms with Crippen LogP contribution in [0.4, 0.5) is 0 Å². The third kappa shape index (κ3) is 3.58. The highest BCUT2D eigenvalue weighted by Gasteiger charge is 2.10. The molecule has 100 valence electrons. The van der Waals surface area contributed by atoms with Crippen molar-refractivity contribution in [3.8, 4) is 5.75 Å². The van der Waals surface area contributed by atoms with Crippen LogP contribution in [0.3, 0.4) is 0 Å². The number of benzene rings is 2.